The summed E-state index contributed by atoms with van der Waals surface area (Å²) in [4.78, 5) is 17.6. The summed E-state index contributed by atoms with van der Waals surface area (Å²) < 4.78 is 0. The number of pyridine rings is 1. The lowest BCUT2D eigenvalue weighted by Crippen LogP contribution is -2.23. The predicted molar refractivity (Wildman–Crippen MR) is 112 cm³/mol. The maximum atomic E-state index is 12.1. The molecule has 0 spiro atoms. The number of nitrogens with zero attached hydrogens (tertiary/aromatic N) is 2. The minimum Gasteiger partial charge on any atom is -0.464 e. The number of aromatic nitrogens is 1. The third-order valence-corrected chi connectivity index (χ3v) is 4.48. The quantitative estimate of drug-likeness (QED) is 0.466. The van der Waals surface area contributed by atoms with Gasteiger partial charge in [0.05, 0.1) is 11.4 Å². The SMILES string of the molecule is O=C(O)N(c1ccccc1)c1cc(-c2ccccc2)cc(-c2cccnc2)c1. The predicted octanol–water partition coefficient (Wildman–Crippen LogP) is 6.23. The molecule has 0 saturated carbocycles. The monoisotopic (exact) mass is 366 g/mol. The van der Waals surface area contributed by atoms with E-state index in [0.29, 0.717) is 11.4 Å². The summed E-state index contributed by atoms with van der Waals surface area (Å²) in [5.41, 5.74) is 4.98. The van der Waals surface area contributed by atoms with Crippen molar-refractivity contribution in [1.82, 2.24) is 4.98 Å². The van der Waals surface area contributed by atoms with E-state index in [4.69, 9.17) is 0 Å². The maximum Gasteiger partial charge on any atom is 0.416 e. The van der Waals surface area contributed by atoms with Crippen molar-refractivity contribution in [3.05, 3.63) is 103 Å². The molecular weight excluding hydrogens is 348 g/mol. The minimum absolute atomic E-state index is 0.582. The first-order valence-corrected chi connectivity index (χ1v) is 8.91. The van der Waals surface area contributed by atoms with E-state index >= 15 is 0 Å². The molecule has 1 amide bonds. The molecule has 0 aliphatic carbocycles. The van der Waals surface area contributed by atoms with Crippen molar-refractivity contribution in [2.75, 3.05) is 4.90 Å². The molecule has 0 aliphatic rings. The van der Waals surface area contributed by atoms with E-state index < -0.39 is 6.09 Å². The van der Waals surface area contributed by atoms with Crippen LogP contribution in [0.15, 0.2) is 103 Å². The second-order valence-corrected chi connectivity index (χ2v) is 6.33. The van der Waals surface area contributed by atoms with Gasteiger partial charge in [-0.3, -0.25) is 4.98 Å². The molecule has 0 radical (unpaired) electrons. The van der Waals surface area contributed by atoms with Crippen LogP contribution in [0.25, 0.3) is 22.3 Å². The Bertz CT molecular complexity index is 1020. The second-order valence-electron chi connectivity index (χ2n) is 6.33. The van der Waals surface area contributed by atoms with Crippen LogP contribution in [0.4, 0.5) is 16.2 Å². The van der Waals surface area contributed by atoms with Crippen LogP contribution in [0.3, 0.4) is 0 Å². The van der Waals surface area contributed by atoms with Gasteiger partial charge in [-0.25, -0.2) is 9.69 Å². The number of benzene rings is 3. The Balaban J connectivity index is 1.92. The summed E-state index contributed by atoms with van der Waals surface area (Å²) in [6.45, 7) is 0. The van der Waals surface area contributed by atoms with Gasteiger partial charge in [0.25, 0.3) is 0 Å². The van der Waals surface area contributed by atoms with Gasteiger partial charge in [-0.2, -0.15) is 0 Å². The zero-order valence-corrected chi connectivity index (χ0v) is 15.1. The van der Waals surface area contributed by atoms with Crippen LogP contribution in [0, 0.1) is 0 Å². The number of hydrogen-bond donors (Lipinski definition) is 1. The van der Waals surface area contributed by atoms with Gasteiger partial charge in [0.1, 0.15) is 0 Å². The number of amides is 1. The third kappa shape index (κ3) is 3.62. The van der Waals surface area contributed by atoms with Crippen molar-refractivity contribution in [2.45, 2.75) is 0 Å². The number of para-hydroxylation sites is 1. The highest BCUT2D eigenvalue weighted by Crippen LogP contribution is 2.34. The fraction of sp³-hybridized carbons (Fsp3) is 0. The highest BCUT2D eigenvalue weighted by atomic mass is 16.4. The van der Waals surface area contributed by atoms with E-state index in [-0.39, 0.29) is 0 Å². The zero-order valence-electron chi connectivity index (χ0n) is 15.1. The Hall–Kier alpha value is -3.92. The first-order chi connectivity index (χ1) is 13.7. The number of carboxylic acid groups (broad SMARTS) is 1. The average molecular weight is 366 g/mol. The molecule has 28 heavy (non-hydrogen) atoms. The van der Waals surface area contributed by atoms with Gasteiger partial charge in [-0.15, -0.1) is 0 Å². The van der Waals surface area contributed by atoms with Gasteiger partial charge in [0, 0.05) is 18.0 Å². The summed E-state index contributed by atoms with van der Waals surface area (Å²) >= 11 is 0. The van der Waals surface area contributed by atoms with Crippen LogP contribution in [0.2, 0.25) is 0 Å². The smallest absolute Gasteiger partial charge is 0.416 e. The normalized spacial score (nSPS) is 10.4. The van der Waals surface area contributed by atoms with Crippen LogP contribution in [-0.2, 0) is 0 Å². The molecule has 4 aromatic rings. The molecule has 4 heteroatoms. The topological polar surface area (TPSA) is 53.4 Å². The Labute approximate surface area is 163 Å². The summed E-state index contributed by atoms with van der Waals surface area (Å²) in [6.07, 6.45) is 2.47. The van der Waals surface area contributed by atoms with Crippen molar-refractivity contribution in [2.24, 2.45) is 0 Å². The lowest BCUT2D eigenvalue weighted by atomic mass is 9.98. The van der Waals surface area contributed by atoms with Crippen LogP contribution in [-0.4, -0.2) is 16.2 Å². The Morgan fingerprint density at radius 1 is 0.679 bits per heavy atom. The van der Waals surface area contributed by atoms with E-state index in [1.165, 1.54) is 4.90 Å². The van der Waals surface area contributed by atoms with Crippen molar-refractivity contribution >= 4 is 17.5 Å². The van der Waals surface area contributed by atoms with E-state index in [1.807, 2.05) is 72.8 Å². The third-order valence-electron chi connectivity index (χ3n) is 4.48. The second kappa shape index (κ2) is 7.76. The van der Waals surface area contributed by atoms with Gasteiger partial charge in [-0.1, -0.05) is 54.6 Å². The lowest BCUT2D eigenvalue weighted by Gasteiger charge is -2.21. The molecule has 0 unspecified atom stereocenters. The minimum atomic E-state index is -1.03. The number of carbonyl (C=O) groups is 1. The number of hydrogen-bond acceptors (Lipinski definition) is 2. The first kappa shape index (κ1) is 17.5. The molecule has 0 fully saturated rings. The molecule has 0 aliphatic heterocycles. The van der Waals surface area contributed by atoms with Crippen molar-refractivity contribution in [3.8, 4) is 22.3 Å². The van der Waals surface area contributed by atoms with Gasteiger partial charge >= 0.3 is 6.09 Å². The lowest BCUT2D eigenvalue weighted by molar-refractivity contribution is 0.205. The molecule has 3 aromatic carbocycles. The van der Waals surface area contributed by atoms with E-state index in [0.717, 1.165) is 22.3 Å². The molecule has 0 atom stereocenters. The van der Waals surface area contributed by atoms with Crippen molar-refractivity contribution < 1.29 is 9.90 Å². The summed E-state index contributed by atoms with van der Waals surface area (Å²) in [5, 5.41) is 9.92. The largest absolute Gasteiger partial charge is 0.464 e. The molecule has 136 valence electrons. The summed E-state index contributed by atoms with van der Waals surface area (Å²) in [6, 6.07) is 28.7. The zero-order chi connectivity index (χ0) is 19.3. The highest BCUT2D eigenvalue weighted by Gasteiger charge is 2.18. The van der Waals surface area contributed by atoms with E-state index in [1.54, 1.807) is 24.5 Å². The molecular formula is C24H18N2O2. The van der Waals surface area contributed by atoms with Gasteiger partial charge < -0.3 is 5.11 Å². The number of anilines is 2. The fourth-order valence-electron chi connectivity index (χ4n) is 3.18. The fourth-order valence-corrected chi connectivity index (χ4v) is 3.18. The molecule has 1 N–H and O–H groups in total. The molecule has 4 rings (SSSR count). The number of rotatable bonds is 4. The Kier molecular flexibility index (Phi) is 4.85. The van der Waals surface area contributed by atoms with Crippen LogP contribution in [0.5, 0.6) is 0 Å². The van der Waals surface area contributed by atoms with E-state index in [2.05, 4.69) is 11.1 Å². The summed E-state index contributed by atoms with van der Waals surface area (Å²) in [7, 11) is 0. The van der Waals surface area contributed by atoms with Crippen LogP contribution in [0.1, 0.15) is 0 Å². The first-order valence-electron chi connectivity index (χ1n) is 8.91. The van der Waals surface area contributed by atoms with E-state index in [9.17, 15) is 9.90 Å². The molecule has 1 aromatic heterocycles. The molecule has 0 saturated heterocycles. The van der Waals surface area contributed by atoms with Crippen molar-refractivity contribution in [3.63, 3.8) is 0 Å². The van der Waals surface area contributed by atoms with Crippen LogP contribution < -0.4 is 4.90 Å². The molecule has 1 heterocycles. The standard InChI is InChI=1S/C24H18N2O2/c27-24(28)26(22-11-5-2-6-12-22)23-15-20(18-8-3-1-4-9-18)14-21(16-23)19-10-7-13-25-17-19/h1-17H,(H,27,28). The Morgan fingerprint density at radius 3 is 1.89 bits per heavy atom. The molecule has 4 nitrogen and oxygen atoms in total. The van der Waals surface area contributed by atoms with Gasteiger partial charge in [0.15, 0.2) is 0 Å². The van der Waals surface area contributed by atoms with Gasteiger partial charge in [0.2, 0.25) is 0 Å². The van der Waals surface area contributed by atoms with Crippen LogP contribution >= 0.6 is 0 Å². The summed E-state index contributed by atoms with van der Waals surface area (Å²) in [5.74, 6) is 0. The van der Waals surface area contributed by atoms with Gasteiger partial charge in [-0.05, 0) is 53.1 Å². The molecule has 0 bridgehead atoms. The maximum absolute atomic E-state index is 12.1. The Morgan fingerprint density at radius 2 is 1.29 bits per heavy atom. The average Bonchev–Trinajstić information content (AvgIpc) is 2.75. The van der Waals surface area contributed by atoms with Crippen molar-refractivity contribution in [1.29, 1.82) is 0 Å². The highest BCUT2D eigenvalue weighted by molar-refractivity contribution is 5.96.